The molecule has 156 valence electrons. The Morgan fingerprint density at radius 1 is 1.07 bits per heavy atom. The number of carbonyl (C=O) groups excluding carboxylic acids is 3. The van der Waals surface area contributed by atoms with Crippen molar-refractivity contribution in [2.45, 2.75) is 62.2 Å². The smallest absolute Gasteiger partial charge is 0.326 e. The second-order valence-electron chi connectivity index (χ2n) is 9.62. The van der Waals surface area contributed by atoms with Gasteiger partial charge in [0, 0.05) is 9.65 Å². The number of esters is 1. The van der Waals surface area contributed by atoms with E-state index in [4.69, 9.17) is 4.74 Å². The number of halogens is 2. The molecule has 0 N–H and O–H groups in total. The molecule has 9 atom stereocenters. The predicted octanol–water partition coefficient (Wildman–Crippen LogP) is 3.77. The molecule has 5 nitrogen and oxygen atoms in total. The van der Waals surface area contributed by atoms with Crippen molar-refractivity contribution in [1.82, 2.24) is 4.90 Å². The minimum Gasteiger partial charge on any atom is -0.461 e. The Morgan fingerprint density at radius 3 is 2.18 bits per heavy atom. The van der Waals surface area contributed by atoms with Crippen LogP contribution in [-0.2, 0) is 19.1 Å². The number of hydrogen-bond donors (Lipinski definition) is 0. The Balaban J connectivity index is 1.43. The first-order valence-electron chi connectivity index (χ1n) is 10.5. The van der Waals surface area contributed by atoms with Crippen LogP contribution >= 0.6 is 31.9 Å². The highest BCUT2D eigenvalue weighted by Gasteiger charge is 2.66. The largest absolute Gasteiger partial charge is 0.461 e. The van der Waals surface area contributed by atoms with Gasteiger partial charge in [-0.05, 0) is 48.9 Å². The van der Waals surface area contributed by atoms with Crippen molar-refractivity contribution < 1.29 is 19.1 Å². The summed E-state index contributed by atoms with van der Waals surface area (Å²) in [4.78, 5) is 40.2. The lowest BCUT2D eigenvalue weighted by atomic mass is 9.75. The van der Waals surface area contributed by atoms with Crippen LogP contribution in [0, 0.1) is 41.4 Å². The molecule has 2 bridgehead atoms. The number of nitrogens with zero attached hydrogens (tertiary/aromatic N) is 1. The van der Waals surface area contributed by atoms with E-state index in [1.807, 2.05) is 0 Å². The van der Waals surface area contributed by atoms with Crippen molar-refractivity contribution >= 4 is 49.6 Å². The van der Waals surface area contributed by atoms with Crippen molar-refractivity contribution in [2.24, 2.45) is 41.4 Å². The highest BCUT2D eigenvalue weighted by atomic mass is 79.9. The fraction of sp³-hybridized carbons (Fsp3) is 0.857. The summed E-state index contributed by atoms with van der Waals surface area (Å²) < 4.78 is 5.82. The number of alkyl halides is 2. The Morgan fingerprint density at radius 2 is 1.64 bits per heavy atom. The summed E-state index contributed by atoms with van der Waals surface area (Å²) in [5, 5.41) is 0. The van der Waals surface area contributed by atoms with Crippen LogP contribution in [0.1, 0.15) is 46.5 Å². The number of carbonyl (C=O) groups is 3. The van der Waals surface area contributed by atoms with Crippen LogP contribution in [0.3, 0.4) is 0 Å². The fourth-order valence-corrected chi connectivity index (χ4v) is 8.03. The number of hydrogen-bond acceptors (Lipinski definition) is 4. The lowest BCUT2D eigenvalue weighted by Gasteiger charge is -2.36. The van der Waals surface area contributed by atoms with Gasteiger partial charge in [-0.25, -0.2) is 0 Å². The third-order valence-corrected chi connectivity index (χ3v) is 10.8. The molecule has 2 amide bonds. The van der Waals surface area contributed by atoms with E-state index in [1.165, 1.54) is 4.90 Å². The van der Waals surface area contributed by atoms with Gasteiger partial charge in [-0.3, -0.25) is 19.3 Å². The van der Waals surface area contributed by atoms with Gasteiger partial charge in [-0.15, -0.1) is 0 Å². The summed E-state index contributed by atoms with van der Waals surface area (Å²) in [7, 11) is 0. The van der Waals surface area contributed by atoms with E-state index in [0.717, 1.165) is 25.7 Å². The normalized spacial score (nSPS) is 45.1. The minimum atomic E-state index is -0.440. The topological polar surface area (TPSA) is 63.7 Å². The second-order valence-corrected chi connectivity index (χ2v) is 11.7. The van der Waals surface area contributed by atoms with Crippen molar-refractivity contribution in [2.75, 3.05) is 6.54 Å². The fourth-order valence-electron chi connectivity index (χ4n) is 6.15. The zero-order valence-electron chi connectivity index (χ0n) is 16.6. The molecule has 0 aromatic carbocycles. The number of amides is 2. The van der Waals surface area contributed by atoms with Crippen LogP contribution in [0.2, 0.25) is 0 Å². The van der Waals surface area contributed by atoms with E-state index >= 15 is 0 Å². The number of imide groups is 1. The average molecular weight is 519 g/mol. The van der Waals surface area contributed by atoms with E-state index in [2.05, 4.69) is 52.6 Å². The first kappa shape index (κ1) is 20.8. The molecule has 0 radical (unpaired) electrons. The molecule has 3 aliphatic carbocycles. The maximum Gasteiger partial charge on any atom is 0.326 e. The van der Waals surface area contributed by atoms with Crippen LogP contribution in [0.15, 0.2) is 0 Å². The van der Waals surface area contributed by atoms with E-state index in [0.29, 0.717) is 17.8 Å². The molecule has 0 aromatic heterocycles. The monoisotopic (exact) mass is 517 g/mol. The summed E-state index contributed by atoms with van der Waals surface area (Å²) in [6.07, 6.45) is 3.87. The quantitative estimate of drug-likeness (QED) is 0.323. The van der Waals surface area contributed by atoms with E-state index in [1.54, 1.807) is 0 Å². The van der Waals surface area contributed by atoms with Crippen LogP contribution in [0.5, 0.6) is 0 Å². The lowest BCUT2D eigenvalue weighted by Crippen LogP contribution is -2.41. The summed E-state index contributed by atoms with van der Waals surface area (Å²) >= 11 is 7.37. The number of ether oxygens (including phenoxy) is 1. The molecule has 0 spiro atoms. The first-order valence-corrected chi connectivity index (χ1v) is 12.4. The van der Waals surface area contributed by atoms with Gasteiger partial charge < -0.3 is 4.74 Å². The Kier molecular flexibility index (Phi) is 5.71. The molecular weight excluding hydrogens is 490 g/mol. The van der Waals surface area contributed by atoms with Crippen LogP contribution in [-0.4, -0.2) is 45.0 Å². The van der Waals surface area contributed by atoms with Crippen molar-refractivity contribution in [3.63, 3.8) is 0 Å². The zero-order chi connectivity index (χ0) is 20.3. The minimum absolute atomic E-state index is 0.112. The van der Waals surface area contributed by atoms with Gasteiger partial charge in [-0.1, -0.05) is 59.1 Å². The van der Waals surface area contributed by atoms with Crippen LogP contribution in [0.4, 0.5) is 0 Å². The van der Waals surface area contributed by atoms with Crippen molar-refractivity contribution in [3.8, 4) is 0 Å². The van der Waals surface area contributed by atoms with E-state index in [-0.39, 0.29) is 57.8 Å². The third kappa shape index (κ3) is 3.28. The highest BCUT2D eigenvalue weighted by molar-refractivity contribution is 9.12. The second kappa shape index (κ2) is 7.68. The SMILES string of the molecule is CC(C)[C@H]1CC[C@@H](C)C[C@H]1OC(=O)CN1C(=O)[C@@H]2[C@H]3C[C@@H]([C@@H](Br)[C@H]3Br)[C@H]2C1=O. The van der Waals surface area contributed by atoms with E-state index < -0.39 is 5.97 Å². The maximum absolute atomic E-state index is 13.0. The molecular formula is C21H29Br2NO4. The maximum atomic E-state index is 13.0. The van der Waals surface area contributed by atoms with Crippen LogP contribution in [0.25, 0.3) is 0 Å². The zero-order valence-corrected chi connectivity index (χ0v) is 19.8. The summed E-state index contributed by atoms with van der Waals surface area (Å²) in [5.41, 5.74) is 0. The summed E-state index contributed by atoms with van der Waals surface area (Å²) in [6.45, 7) is 6.29. The number of likely N-dealkylation sites (tertiary alicyclic amines) is 1. The van der Waals surface area contributed by atoms with Gasteiger partial charge >= 0.3 is 5.97 Å². The molecule has 3 saturated carbocycles. The van der Waals surface area contributed by atoms with Gasteiger partial charge in [-0.2, -0.15) is 0 Å². The number of rotatable bonds is 4. The molecule has 4 fully saturated rings. The van der Waals surface area contributed by atoms with Gasteiger partial charge in [0.05, 0.1) is 11.8 Å². The number of fused-ring (bicyclic) bond motifs is 5. The Hall–Kier alpha value is -0.430. The average Bonchev–Trinajstić information content (AvgIpc) is 3.22. The molecule has 4 rings (SSSR count). The molecule has 28 heavy (non-hydrogen) atoms. The van der Waals surface area contributed by atoms with Crippen molar-refractivity contribution in [1.29, 1.82) is 0 Å². The molecule has 7 heteroatoms. The van der Waals surface area contributed by atoms with Gasteiger partial charge in [0.2, 0.25) is 11.8 Å². The van der Waals surface area contributed by atoms with Gasteiger partial charge in [0.25, 0.3) is 0 Å². The molecule has 1 saturated heterocycles. The Bertz CT molecular complexity index is 651. The molecule has 4 aliphatic rings. The van der Waals surface area contributed by atoms with E-state index in [9.17, 15) is 14.4 Å². The summed E-state index contributed by atoms with van der Waals surface area (Å²) in [5.74, 6) is 0.312. The highest BCUT2D eigenvalue weighted by Crippen LogP contribution is 2.60. The molecule has 1 heterocycles. The van der Waals surface area contributed by atoms with Crippen molar-refractivity contribution in [3.05, 3.63) is 0 Å². The molecule has 1 aliphatic heterocycles. The standard InChI is InChI=1S/C21H29Br2NO4/c1-9(2)11-5-4-10(3)6-14(11)28-15(25)8-24-20(26)16-12-7-13(17(16)21(24)27)19(23)18(12)22/h9-14,16-19H,4-8H2,1-3H3/t10-,11-,12-,13-,14-,16-,17-,18-,19+/m1/s1. The van der Waals surface area contributed by atoms with Gasteiger partial charge in [0.1, 0.15) is 12.6 Å². The molecule has 0 aromatic rings. The van der Waals surface area contributed by atoms with Gasteiger partial charge in [0.15, 0.2) is 0 Å². The molecule has 0 unspecified atom stereocenters. The Labute approximate surface area is 183 Å². The predicted molar refractivity (Wildman–Crippen MR) is 112 cm³/mol. The third-order valence-electron chi connectivity index (χ3n) is 7.61. The lowest BCUT2D eigenvalue weighted by molar-refractivity contribution is -0.162. The summed E-state index contributed by atoms with van der Waals surface area (Å²) in [6, 6.07) is 0. The van der Waals surface area contributed by atoms with Crippen LogP contribution < -0.4 is 0 Å². The first-order chi connectivity index (χ1) is 13.2.